The number of halogens is 1. The summed E-state index contributed by atoms with van der Waals surface area (Å²) in [6.45, 7) is 7.88. The van der Waals surface area contributed by atoms with Gasteiger partial charge in [0.1, 0.15) is 0 Å². The van der Waals surface area contributed by atoms with Gasteiger partial charge in [-0.1, -0.05) is 18.2 Å². The van der Waals surface area contributed by atoms with Crippen molar-refractivity contribution in [3.63, 3.8) is 0 Å². The molecule has 5 heteroatoms. The third-order valence-electron chi connectivity index (χ3n) is 3.61. The van der Waals surface area contributed by atoms with E-state index >= 15 is 0 Å². The minimum atomic E-state index is -0.522. The number of rotatable bonds is 6. The number of allylic oxidation sites excluding steroid dienone is 1. The van der Waals surface area contributed by atoms with Crippen LogP contribution in [-0.4, -0.2) is 22.9 Å². The second-order valence-electron chi connectivity index (χ2n) is 5.16. The lowest BCUT2D eigenvalue weighted by molar-refractivity contribution is 0.0473. The Hall–Kier alpha value is -2.14. The highest BCUT2D eigenvalue weighted by Crippen LogP contribution is 2.18. The quantitative estimate of drug-likeness (QED) is 0.433. The zero-order valence-corrected chi connectivity index (χ0v) is 14.7. The summed E-state index contributed by atoms with van der Waals surface area (Å²) in [6.07, 6.45) is 1.78. The zero-order chi connectivity index (χ0) is 17.0. The van der Waals surface area contributed by atoms with E-state index in [4.69, 9.17) is 4.74 Å². The number of ketones is 1. The van der Waals surface area contributed by atoms with Crippen molar-refractivity contribution in [2.45, 2.75) is 20.4 Å². The van der Waals surface area contributed by atoms with Gasteiger partial charge in [-0.05, 0) is 48.0 Å². The maximum Gasteiger partial charge on any atom is 0.339 e. The third-order valence-corrected chi connectivity index (χ3v) is 4.31. The first kappa shape index (κ1) is 17.2. The van der Waals surface area contributed by atoms with Gasteiger partial charge in [-0.25, -0.2) is 4.79 Å². The van der Waals surface area contributed by atoms with E-state index in [1.807, 2.05) is 24.5 Å². The molecular weight excluding hydrogens is 358 g/mol. The Kier molecular flexibility index (Phi) is 5.55. The Bertz CT molecular complexity index is 762. The largest absolute Gasteiger partial charge is 0.454 e. The number of carbonyl (C=O) groups is 2. The Morgan fingerprint density at radius 1 is 1.26 bits per heavy atom. The number of hydrogen-bond acceptors (Lipinski definition) is 3. The van der Waals surface area contributed by atoms with Crippen LogP contribution < -0.4 is 0 Å². The van der Waals surface area contributed by atoms with Crippen LogP contribution in [-0.2, 0) is 11.3 Å². The summed E-state index contributed by atoms with van der Waals surface area (Å²) in [7, 11) is 0. The summed E-state index contributed by atoms with van der Waals surface area (Å²) < 4.78 is 7.78. The molecule has 120 valence electrons. The number of aromatic nitrogens is 1. The summed E-state index contributed by atoms with van der Waals surface area (Å²) in [4.78, 5) is 24.4. The summed E-state index contributed by atoms with van der Waals surface area (Å²) in [5.74, 6) is -0.737. The maximum atomic E-state index is 12.3. The smallest absolute Gasteiger partial charge is 0.339 e. The maximum absolute atomic E-state index is 12.3. The lowest BCUT2D eigenvalue weighted by atomic mass is 10.1. The average Bonchev–Trinajstić information content (AvgIpc) is 2.81. The molecule has 0 aliphatic rings. The molecule has 0 saturated carbocycles. The molecule has 0 aliphatic carbocycles. The van der Waals surface area contributed by atoms with Crippen molar-refractivity contribution in [1.29, 1.82) is 0 Å². The molecule has 0 unspecified atom stereocenters. The molecule has 23 heavy (non-hydrogen) atoms. The molecule has 0 atom stereocenters. The van der Waals surface area contributed by atoms with Crippen LogP contribution >= 0.6 is 15.9 Å². The minimum absolute atomic E-state index is 0.214. The van der Waals surface area contributed by atoms with Crippen molar-refractivity contribution in [1.82, 2.24) is 4.57 Å². The van der Waals surface area contributed by atoms with Crippen molar-refractivity contribution in [2.24, 2.45) is 0 Å². The van der Waals surface area contributed by atoms with Gasteiger partial charge in [0.25, 0.3) is 0 Å². The van der Waals surface area contributed by atoms with E-state index in [-0.39, 0.29) is 12.4 Å². The highest BCUT2D eigenvalue weighted by Gasteiger charge is 2.18. The molecule has 1 aromatic heterocycles. The molecule has 1 heterocycles. The Morgan fingerprint density at radius 2 is 1.96 bits per heavy atom. The molecule has 0 N–H and O–H groups in total. The highest BCUT2D eigenvalue weighted by atomic mass is 79.9. The van der Waals surface area contributed by atoms with Gasteiger partial charge < -0.3 is 9.30 Å². The van der Waals surface area contributed by atoms with Crippen molar-refractivity contribution < 1.29 is 14.3 Å². The Morgan fingerprint density at radius 3 is 2.61 bits per heavy atom. The second kappa shape index (κ2) is 7.42. The molecule has 4 nitrogen and oxygen atoms in total. The SMILES string of the molecule is C=CCn1c(C)cc(C(=O)COC(=O)c2ccccc2Br)c1C. The molecule has 0 spiro atoms. The van der Waals surface area contributed by atoms with Gasteiger partial charge in [-0.15, -0.1) is 6.58 Å². The van der Waals surface area contributed by atoms with Crippen LogP contribution in [0.15, 0.2) is 47.5 Å². The molecular formula is C18H18BrNO3. The van der Waals surface area contributed by atoms with E-state index in [0.717, 1.165) is 11.4 Å². The van der Waals surface area contributed by atoms with Crippen LogP contribution in [0, 0.1) is 13.8 Å². The van der Waals surface area contributed by atoms with Crippen LogP contribution in [0.3, 0.4) is 0 Å². The van der Waals surface area contributed by atoms with Crippen LogP contribution in [0.1, 0.15) is 32.1 Å². The van der Waals surface area contributed by atoms with Crippen LogP contribution in [0.2, 0.25) is 0 Å². The average molecular weight is 376 g/mol. The Balaban J connectivity index is 2.08. The van der Waals surface area contributed by atoms with Gasteiger partial charge in [-0.2, -0.15) is 0 Å². The molecule has 0 radical (unpaired) electrons. The molecule has 0 amide bonds. The van der Waals surface area contributed by atoms with Gasteiger partial charge in [0.05, 0.1) is 5.56 Å². The molecule has 0 fully saturated rings. The highest BCUT2D eigenvalue weighted by molar-refractivity contribution is 9.10. The lowest BCUT2D eigenvalue weighted by Gasteiger charge is -2.07. The number of esters is 1. The summed E-state index contributed by atoms with van der Waals surface area (Å²) in [5, 5.41) is 0. The first-order valence-corrected chi connectivity index (χ1v) is 7.97. The molecule has 0 saturated heterocycles. The fraction of sp³-hybridized carbons (Fsp3) is 0.222. The van der Waals surface area contributed by atoms with E-state index < -0.39 is 5.97 Å². The molecule has 2 rings (SSSR count). The molecule has 0 aliphatic heterocycles. The first-order chi connectivity index (χ1) is 11.0. The van der Waals surface area contributed by atoms with E-state index in [2.05, 4.69) is 22.5 Å². The van der Waals surface area contributed by atoms with Crippen molar-refractivity contribution in [2.75, 3.05) is 6.61 Å². The van der Waals surface area contributed by atoms with Crippen molar-refractivity contribution in [3.8, 4) is 0 Å². The van der Waals surface area contributed by atoms with Gasteiger partial charge >= 0.3 is 5.97 Å². The van der Waals surface area contributed by atoms with Gasteiger partial charge in [-0.3, -0.25) is 4.79 Å². The fourth-order valence-electron chi connectivity index (χ4n) is 2.41. The van der Waals surface area contributed by atoms with Crippen LogP contribution in [0.5, 0.6) is 0 Å². The van der Waals surface area contributed by atoms with Crippen LogP contribution in [0.25, 0.3) is 0 Å². The minimum Gasteiger partial charge on any atom is -0.454 e. The van der Waals surface area contributed by atoms with Crippen molar-refractivity contribution in [3.05, 3.63) is 70.0 Å². The third kappa shape index (κ3) is 3.79. The predicted molar refractivity (Wildman–Crippen MR) is 92.9 cm³/mol. The lowest BCUT2D eigenvalue weighted by Crippen LogP contribution is -2.15. The van der Waals surface area contributed by atoms with E-state index in [0.29, 0.717) is 22.1 Å². The first-order valence-electron chi connectivity index (χ1n) is 7.18. The number of hydrogen-bond donors (Lipinski definition) is 0. The summed E-state index contributed by atoms with van der Waals surface area (Å²) in [6, 6.07) is 8.76. The summed E-state index contributed by atoms with van der Waals surface area (Å²) >= 11 is 3.29. The molecule has 1 aromatic carbocycles. The van der Waals surface area contributed by atoms with Gasteiger partial charge in [0, 0.05) is 28.0 Å². The topological polar surface area (TPSA) is 48.3 Å². The van der Waals surface area contributed by atoms with E-state index in [9.17, 15) is 9.59 Å². The number of nitrogens with zero attached hydrogens (tertiary/aromatic N) is 1. The summed E-state index contributed by atoms with van der Waals surface area (Å²) in [5.41, 5.74) is 2.80. The predicted octanol–water partition coefficient (Wildman–Crippen LogP) is 4.09. The standard InChI is InChI=1S/C18H18BrNO3/c1-4-9-20-12(2)10-15(13(20)3)17(21)11-23-18(22)14-7-5-6-8-16(14)19/h4-8,10H,1,9,11H2,2-3H3. The van der Waals surface area contributed by atoms with Crippen molar-refractivity contribution >= 4 is 27.7 Å². The van der Waals surface area contributed by atoms with E-state index in [1.54, 1.807) is 30.3 Å². The number of benzene rings is 1. The molecule has 2 aromatic rings. The normalized spacial score (nSPS) is 10.4. The number of Topliss-reactive ketones (excluding diaryl/α,β-unsaturated/α-hetero) is 1. The number of ether oxygens (including phenoxy) is 1. The Labute approximate surface area is 143 Å². The van der Waals surface area contributed by atoms with Gasteiger partial charge in [0.15, 0.2) is 6.61 Å². The van der Waals surface area contributed by atoms with E-state index in [1.165, 1.54) is 0 Å². The second-order valence-corrected chi connectivity index (χ2v) is 6.02. The number of carbonyl (C=O) groups excluding carboxylic acids is 2. The van der Waals surface area contributed by atoms with Gasteiger partial charge in [0.2, 0.25) is 5.78 Å². The monoisotopic (exact) mass is 375 g/mol. The van der Waals surface area contributed by atoms with Crippen LogP contribution in [0.4, 0.5) is 0 Å². The number of aryl methyl sites for hydroxylation is 1. The zero-order valence-electron chi connectivity index (χ0n) is 13.1. The molecule has 0 bridgehead atoms. The fourth-order valence-corrected chi connectivity index (χ4v) is 2.85.